The molecule has 0 radical (unpaired) electrons. The number of carbonyl (C=O) groups is 1. The Balaban J connectivity index is 1.85. The van der Waals surface area contributed by atoms with E-state index in [9.17, 15) is 9.70 Å². The van der Waals surface area contributed by atoms with E-state index in [2.05, 4.69) is 5.18 Å². The Labute approximate surface area is 98.0 Å². The van der Waals surface area contributed by atoms with Gasteiger partial charge < -0.3 is 0 Å². The summed E-state index contributed by atoms with van der Waals surface area (Å²) in [5.74, 6) is 0.866. The highest BCUT2D eigenvalue weighted by Gasteiger charge is 2.19. The van der Waals surface area contributed by atoms with Gasteiger partial charge in [0.2, 0.25) is 0 Å². The van der Waals surface area contributed by atoms with Crippen LogP contribution < -0.4 is 0 Å². The minimum absolute atomic E-state index is 0.314. The predicted molar refractivity (Wildman–Crippen MR) is 65.0 cm³/mol. The molecule has 1 atom stereocenters. The third kappa shape index (κ3) is 6.70. The molecule has 16 heavy (non-hydrogen) atoms. The molecule has 92 valence electrons. The first kappa shape index (κ1) is 13.3. The molecular formula is C13H23NO2. The van der Waals surface area contributed by atoms with Crippen LogP contribution in [-0.4, -0.2) is 5.91 Å². The smallest absolute Gasteiger partial charge is 0.269 e. The molecule has 1 aliphatic carbocycles. The number of unbranched alkanes of at least 4 members (excludes halogenated alkanes) is 3. The second kappa shape index (κ2) is 7.53. The zero-order valence-electron chi connectivity index (χ0n) is 10.3. The molecule has 3 heteroatoms. The van der Waals surface area contributed by atoms with E-state index in [-0.39, 0.29) is 0 Å². The lowest BCUT2D eigenvalue weighted by molar-refractivity contribution is -0.118. The van der Waals surface area contributed by atoms with E-state index in [0.717, 1.165) is 12.3 Å². The minimum atomic E-state index is -0.499. The molecule has 1 fully saturated rings. The third-order valence-electron chi connectivity index (χ3n) is 3.38. The number of hydrogen-bond acceptors (Lipinski definition) is 2. The first-order valence-corrected chi connectivity index (χ1v) is 6.58. The highest BCUT2D eigenvalue weighted by molar-refractivity contribution is 5.76. The van der Waals surface area contributed by atoms with Gasteiger partial charge in [0, 0.05) is 11.6 Å². The summed E-state index contributed by atoms with van der Waals surface area (Å²) in [6.45, 7) is 2.02. The molecule has 0 saturated heterocycles. The second-order valence-corrected chi connectivity index (χ2v) is 5.23. The summed E-state index contributed by atoms with van der Waals surface area (Å²) < 4.78 is 0. The van der Waals surface area contributed by atoms with Gasteiger partial charge >= 0.3 is 0 Å². The average Bonchev–Trinajstić information content (AvgIpc) is 3.06. The van der Waals surface area contributed by atoms with E-state index in [1.54, 1.807) is 0 Å². The van der Waals surface area contributed by atoms with Crippen molar-refractivity contribution in [1.82, 2.24) is 0 Å². The van der Waals surface area contributed by atoms with E-state index in [0.29, 0.717) is 12.3 Å². The molecule has 0 heterocycles. The maximum Gasteiger partial charge on any atom is 0.286 e. The van der Waals surface area contributed by atoms with E-state index >= 15 is 0 Å². The Morgan fingerprint density at radius 1 is 1.25 bits per heavy atom. The Hall–Kier alpha value is -0.730. The molecule has 1 rings (SSSR count). The highest BCUT2D eigenvalue weighted by atomic mass is 16.3. The summed E-state index contributed by atoms with van der Waals surface area (Å²) in [7, 11) is 0. The second-order valence-electron chi connectivity index (χ2n) is 5.23. The lowest BCUT2D eigenvalue weighted by Crippen LogP contribution is -2.02. The summed E-state index contributed by atoms with van der Waals surface area (Å²) in [5, 5.41) is 2.42. The number of nitrogens with zero attached hydrogens (tertiary/aromatic N) is 1. The van der Waals surface area contributed by atoms with Crippen LogP contribution in [0.3, 0.4) is 0 Å². The first-order valence-electron chi connectivity index (χ1n) is 6.58. The molecule has 0 spiro atoms. The molecule has 0 bridgehead atoms. The zero-order chi connectivity index (χ0) is 11.8. The molecule has 1 amide bonds. The van der Waals surface area contributed by atoms with Crippen molar-refractivity contribution in [3.05, 3.63) is 4.91 Å². The monoisotopic (exact) mass is 225 g/mol. The maximum absolute atomic E-state index is 10.8. The fraction of sp³-hybridized carbons (Fsp3) is 0.923. The lowest BCUT2D eigenvalue weighted by Gasteiger charge is -2.07. The Morgan fingerprint density at radius 3 is 2.56 bits per heavy atom. The van der Waals surface area contributed by atoms with Crippen LogP contribution in [0.25, 0.3) is 0 Å². The molecular weight excluding hydrogens is 202 g/mol. The van der Waals surface area contributed by atoms with Crippen LogP contribution in [0.5, 0.6) is 0 Å². The summed E-state index contributed by atoms with van der Waals surface area (Å²) in [4.78, 5) is 20.7. The normalized spacial score (nSPS) is 17.1. The van der Waals surface area contributed by atoms with Crippen molar-refractivity contribution in [2.24, 2.45) is 17.0 Å². The van der Waals surface area contributed by atoms with Crippen LogP contribution >= 0.6 is 0 Å². The number of nitroso groups, excluding NO2 is 1. The Morgan fingerprint density at radius 2 is 1.94 bits per heavy atom. The summed E-state index contributed by atoms with van der Waals surface area (Å²) in [6.07, 6.45) is 10.8. The van der Waals surface area contributed by atoms with E-state index in [1.807, 2.05) is 6.92 Å². The SMILES string of the molecule is CC(CCCCCCC1CC1)CC(=O)N=O. The van der Waals surface area contributed by atoms with E-state index in [1.165, 1.54) is 44.9 Å². The van der Waals surface area contributed by atoms with Crippen LogP contribution in [0.1, 0.15) is 64.7 Å². The van der Waals surface area contributed by atoms with Gasteiger partial charge in [-0.05, 0) is 11.8 Å². The number of carbonyl (C=O) groups excluding carboxylic acids is 1. The summed E-state index contributed by atoms with van der Waals surface area (Å²) in [6, 6.07) is 0. The van der Waals surface area contributed by atoms with Gasteiger partial charge in [-0.1, -0.05) is 58.3 Å². The quantitative estimate of drug-likeness (QED) is 0.439. The fourth-order valence-corrected chi connectivity index (χ4v) is 2.12. The van der Waals surface area contributed by atoms with Gasteiger partial charge in [-0.2, -0.15) is 0 Å². The molecule has 1 unspecified atom stereocenters. The largest absolute Gasteiger partial charge is 0.286 e. The lowest BCUT2D eigenvalue weighted by atomic mass is 9.99. The summed E-state index contributed by atoms with van der Waals surface area (Å²) >= 11 is 0. The van der Waals surface area contributed by atoms with Crippen molar-refractivity contribution in [1.29, 1.82) is 0 Å². The van der Waals surface area contributed by atoms with Gasteiger partial charge in [0.25, 0.3) is 5.91 Å². The molecule has 0 aromatic carbocycles. The molecule has 0 aromatic rings. The fourth-order valence-electron chi connectivity index (χ4n) is 2.12. The van der Waals surface area contributed by atoms with Crippen LogP contribution in [0.2, 0.25) is 0 Å². The first-order chi connectivity index (χ1) is 7.72. The van der Waals surface area contributed by atoms with Crippen molar-refractivity contribution in [3.8, 4) is 0 Å². The number of hydrogen-bond donors (Lipinski definition) is 0. The van der Waals surface area contributed by atoms with Crippen LogP contribution in [0.4, 0.5) is 0 Å². The Kier molecular flexibility index (Phi) is 6.27. The number of rotatable bonds is 9. The topological polar surface area (TPSA) is 46.5 Å². The predicted octanol–water partition coefficient (Wildman–Crippen LogP) is 4.06. The van der Waals surface area contributed by atoms with Gasteiger partial charge in [-0.3, -0.25) is 4.79 Å². The van der Waals surface area contributed by atoms with Crippen molar-refractivity contribution in [2.45, 2.75) is 64.7 Å². The molecule has 3 nitrogen and oxygen atoms in total. The number of amides is 1. The highest BCUT2D eigenvalue weighted by Crippen LogP contribution is 2.34. The minimum Gasteiger partial charge on any atom is -0.269 e. The summed E-state index contributed by atoms with van der Waals surface area (Å²) in [5.41, 5.74) is 0. The van der Waals surface area contributed by atoms with E-state index < -0.39 is 5.91 Å². The molecule has 1 saturated carbocycles. The van der Waals surface area contributed by atoms with Crippen LogP contribution in [-0.2, 0) is 4.79 Å². The Bertz CT molecular complexity index is 224. The van der Waals surface area contributed by atoms with Gasteiger partial charge in [0.1, 0.15) is 0 Å². The average molecular weight is 225 g/mol. The maximum atomic E-state index is 10.8. The zero-order valence-corrected chi connectivity index (χ0v) is 10.3. The molecule has 0 aromatic heterocycles. The standard InChI is InChI=1S/C13H23NO2/c1-11(10-13(15)14-16)6-4-2-3-5-7-12-8-9-12/h11-12H,2-10H2,1H3. The van der Waals surface area contributed by atoms with Gasteiger partial charge in [0.15, 0.2) is 0 Å². The van der Waals surface area contributed by atoms with Crippen LogP contribution in [0, 0.1) is 16.7 Å². The van der Waals surface area contributed by atoms with Crippen molar-refractivity contribution in [2.75, 3.05) is 0 Å². The van der Waals surface area contributed by atoms with Crippen molar-refractivity contribution in [3.63, 3.8) is 0 Å². The molecule has 0 aliphatic heterocycles. The third-order valence-corrected chi connectivity index (χ3v) is 3.38. The van der Waals surface area contributed by atoms with Crippen LogP contribution in [0.15, 0.2) is 5.18 Å². The van der Waals surface area contributed by atoms with E-state index in [4.69, 9.17) is 0 Å². The van der Waals surface area contributed by atoms with Crippen molar-refractivity contribution >= 4 is 5.91 Å². The molecule has 0 N–H and O–H groups in total. The van der Waals surface area contributed by atoms with Gasteiger partial charge in [-0.15, -0.1) is 4.91 Å². The van der Waals surface area contributed by atoms with Gasteiger partial charge in [0.05, 0.1) is 0 Å². The van der Waals surface area contributed by atoms with Gasteiger partial charge in [-0.25, -0.2) is 0 Å². The molecule has 1 aliphatic rings. The van der Waals surface area contributed by atoms with Crippen molar-refractivity contribution < 1.29 is 4.79 Å².